The average Bonchev–Trinajstić information content (AvgIpc) is 3.36. The third-order valence-electron chi connectivity index (χ3n) is 6.15. The normalized spacial score (nSPS) is 13.5. The minimum atomic E-state index is -0.409. The highest BCUT2D eigenvalue weighted by molar-refractivity contribution is 7.99. The fourth-order valence-corrected chi connectivity index (χ4v) is 5.28. The molecule has 0 radical (unpaired) electrons. The van der Waals surface area contributed by atoms with Gasteiger partial charge in [0.15, 0.2) is 11.0 Å². The summed E-state index contributed by atoms with van der Waals surface area (Å²) in [6.07, 6.45) is 0. The van der Waals surface area contributed by atoms with Crippen LogP contribution in [0.25, 0.3) is 17.1 Å². The largest absolute Gasteiger partial charge is 0.368 e. The summed E-state index contributed by atoms with van der Waals surface area (Å²) in [5.74, 6) is 0.865. The number of nitro benzene ring substituents is 1. The van der Waals surface area contributed by atoms with Crippen LogP contribution in [-0.2, 0) is 4.79 Å². The van der Waals surface area contributed by atoms with Gasteiger partial charge in [0, 0.05) is 55.2 Å². The van der Waals surface area contributed by atoms with E-state index in [9.17, 15) is 14.9 Å². The van der Waals surface area contributed by atoms with E-state index in [4.69, 9.17) is 11.6 Å². The second-order valence-corrected chi connectivity index (χ2v) is 9.74. The lowest BCUT2D eigenvalue weighted by molar-refractivity contribution is -0.384. The molecule has 9 nitrogen and oxygen atoms in total. The maximum atomic E-state index is 13.0. The van der Waals surface area contributed by atoms with E-state index in [1.165, 1.54) is 23.9 Å². The van der Waals surface area contributed by atoms with E-state index in [0.717, 1.165) is 16.9 Å². The molecule has 4 aromatic rings. The Hall–Kier alpha value is -3.89. The van der Waals surface area contributed by atoms with Gasteiger partial charge in [0.25, 0.3) is 5.69 Å². The molecule has 11 heteroatoms. The number of piperazine rings is 1. The summed E-state index contributed by atoms with van der Waals surface area (Å²) in [4.78, 5) is 27.5. The van der Waals surface area contributed by atoms with E-state index in [-0.39, 0.29) is 17.3 Å². The lowest BCUT2D eigenvalue weighted by Gasteiger charge is -2.36. The van der Waals surface area contributed by atoms with E-state index in [1.807, 2.05) is 64.1 Å². The van der Waals surface area contributed by atoms with Crippen molar-refractivity contribution in [2.24, 2.45) is 0 Å². The molecule has 3 aromatic carbocycles. The number of rotatable bonds is 7. The molecule has 1 fully saturated rings. The SMILES string of the molecule is O=C(CSc1nnc(-c2ccccc2Cl)n1-c1ccccc1)N1CCN(c2ccc([N+](=O)[O-])cc2)CC1. The summed E-state index contributed by atoms with van der Waals surface area (Å²) in [5, 5.41) is 20.9. The van der Waals surface area contributed by atoms with Gasteiger partial charge in [0.05, 0.1) is 15.7 Å². The van der Waals surface area contributed by atoms with Gasteiger partial charge in [-0.25, -0.2) is 0 Å². The van der Waals surface area contributed by atoms with Crippen LogP contribution in [0.3, 0.4) is 0 Å². The molecule has 188 valence electrons. The second-order valence-electron chi connectivity index (χ2n) is 8.39. The number of thioether (sulfide) groups is 1. The molecule has 37 heavy (non-hydrogen) atoms. The number of halogens is 1. The van der Waals surface area contributed by atoms with Gasteiger partial charge in [-0.3, -0.25) is 19.5 Å². The number of anilines is 1. The smallest absolute Gasteiger partial charge is 0.269 e. The Kier molecular flexibility index (Phi) is 7.38. The maximum Gasteiger partial charge on any atom is 0.269 e. The Morgan fingerprint density at radius 2 is 1.57 bits per heavy atom. The minimum Gasteiger partial charge on any atom is -0.368 e. The number of carbonyl (C=O) groups is 1. The average molecular weight is 535 g/mol. The van der Waals surface area contributed by atoms with Gasteiger partial charge in [0.1, 0.15) is 0 Å². The van der Waals surface area contributed by atoms with Crippen molar-refractivity contribution in [3.63, 3.8) is 0 Å². The Balaban J connectivity index is 1.26. The fraction of sp³-hybridized carbons (Fsp3) is 0.192. The summed E-state index contributed by atoms with van der Waals surface area (Å²) >= 11 is 7.80. The third-order valence-corrected chi connectivity index (χ3v) is 7.39. The maximum absolute atomic E-state index is 13.0. The molecular weight excluding hydrogens is 512 g/mol. The fourth-order valence-electron chi connectivity index (χ4n) is 4.21. The number of carbonyl (C=O) groups excluding carboxylic acids is 1. The first-order valence-corrected chi connectivity index (χ1v) is 13.0. The number of nitrogens with zero attached hydrogens (tertiary/aromatic N) is 6. The van der Waals surface area contributed by atoms with E-state index >= 15 is 0 Å². The quantitative estimate of drug-likeness (QED) is 0.188. The third kappa shape index (κ3) is 5.45. The first kappa shape index (κ1) is 24.8. The summed E-state index contributed by atoms with van der Waals surface area (Å²) in [6, 6.07) is 23.7. The number of hydrogen-bond donors (Lipinski definition) is 0. The van der Waals surface area contributed by atoms with E-state index < -0.39 is 4.92 Å². The van der Waals surface area contributed by atoms with Gasteiger partial charge >= 0.3 is 0 Å². The Morgan fingerprint density at radius 3 is 2.24 bits per heavy atom. The first-order chi connectivity index (χ1) is 18.0. The zero-order chi connectivity index (χ0) is 25.8. The molecular formula is C26H23ClN6O3S. The van der Waals surface area contributed by atoms with Crippen LogP contribution in [0.4, 0.5) is 11.4 Å². The molecule has 0 bridgehead atoms. The van der Waals surface area contributed by atoms with Gasteiger partial charge in [-0.1, -0.05) is 53.7 Å². The molecule has 1 saturated heterocycles. The zero-order valence-electron chi connectivity index (χ0n) is 19.7. The highest BCUT2D eigenvalue weighted by Gasteiger charge is 2.24. The van der Waals surface area contributed by atoms with Gasteiger partial charge in [-0.15, -0.1) is 10.2 Å². The number of benzene rings is 3. The van der Waals surface area contributed by atoms with Crippen molar-refractivity contribution >= 4 is 40.6 Å². The van der Waals surface area contributed by atoms with Crippen molar-refractivity contribution in [3.05, 3.63) is 94.0 Å². The highest BCUT2D eigenvalue weighted by Crippen LogP contribution is 2.32. The summed E-state index contributed by atoms with van der Waals surface area (Å²) in [6.45, 7) is 2.47. The molecule has 0 aliphatic carbocycles. The molecule has 0 spiro atoms. The van der Waals surface area contributed by atoms with Crippen molar-refractivity contribution in [1.82, 2.24) is 19.7 Å². The molecule has 2 heterocycles. The Morgan fingerprint density at radius 1 is 0.892 bits per heavy atom. The van der Waals surface area contributed by atoms with Crippen molar-refractivity contribution in [3.8, 4) is 17.1 Å². The van der Waals surface area contributed by atoms with Gasteiger partial charge < -0.3 is 9.80 Å². The van der Waals surface area contributed by atoms with Crippen molar-refractivity contribution in [1.29, 1.82) is 0 Å². The summed E-state index contributed by atoms with van der Waals surface area (Å²) in [7, 11) is 0. The highest BCUT2D eigenvalue weighted by atomic mass is 35.5. The van der Waals surface area contributed by atoms with Crippen LogP contribution >= 0.6 is 23.4 Å². The van der Waals surface area contributed by atoms with E-state index in [2.05, 4.69) is 15.1 Å². The molecule has 5 rings (SSSR count). The van der Waals surface area contributed by atoms with Crippen LogP contribution in [-0.4, -0.2) is 62.4 Å². The van der Waals surface area contributed by atoms with Crippen molar-refractivity contribution < 1.29 is 9.72 Å². The molecule has 0 unspecified atom stereocenters. The summed E-state index contributed by atoms with van der Waals surface area (Å²) < 4.78 is 1.92. The van der Waals surface area contributed by atoms with Crippen LogP contribution in [0.2, 0.25) is 5.02 Å². The monoisotopic (exact) mass is 534 g/mol. The minimum absolute atomic E-state index is 0.0234. The lowest BCUT2D eigenvalue weighted by Crippen LogP contribution is -2.49. The van der Waals surface area contributed by atoms with Gasteiger partial charge in [0.2, 0.25) is 5.91 Å². The predicted molar refractivity (Wildman–Crippen MR) is 144 cm³/mol. The number of hydrogen-bond acceptors (Lipinski definition) is 7. The summed E-state index contributed by atoms with van der Waals surface area (Å²) in [5.41, 5.74) is 2.63. The number of para-hydroxylation sites is 1. The van der Waals surface area contributed by atoms with Gasteiger partial charge in [-0.05, 0) is 36.4 Å². The van der Waals surface area contributed by atoms with E-state index in [1.54, 1.807) is 12.1 Å². The first-order valence-electron chi connectivity index (χ1n) is 11.7. The second kappa shape index (κ2) is 11.0. The molecule has 0 N–H and O–H groups in total. The standard InChI is InChI=1S/C26H23ClN6O3S/c27-23-9-5-4-8-22(23)25-28-29-26(32(25)20-6-2-1-3-7-20)37-18-24(34)31-16-14-30(15-17-31)19-10-12-21(13-11-19)33(35)36/h1-13H,14-18H2. The van der Waals surface area contributed by atoms with Crippen molar-refractivity contribution in [2.45, 2.75) is 5.16 Å². The van der Waals surface area contributed by atoms with Gasteiger partial charge in [-0.2, -0.15) is 0 Å². The van der Waals surface area contributed by atoms with Crippen LogP contribution in [0.15, 0.2) is 84.0 Å². The van der Waals surface area contributed by atoms with E-state index in [0.29, 0.717) is 42.2 Å². The molecule has 0 atom stereocenters. The lowest BCUT2D eigenvalue weighted by atomic mass is 10.2. The molecule has 0 saturated carbocycles. The van der Waals surface area contributed by atoms with Crippen LogP contribution in [0.5, 0.6) is 0 Å². The zero-order valence-corrected chi connectivity index (χ0v) is 21.3. The predicted octanol–water partition coefficient (Wildman–Crippen LogP) is 4.94. The van der Waals surface area contributed by atoms with Crippen molar-refractivity contribution in [2.75, 3.05) is 36.8 Å². The molecule has 1 aliphatic heterocycles. The van der Waals surface area contributed by atoms with Crippen LogP contribution in [0.1, 0.15) is 0 Å². The topological polar surface area (TPSA) is 97.4 Å². The molecule has 1 aliphatic rings. The number of amides is 1. The number of non-ortho nitro benzene ring substituents is 1. The molecule has 1 aromatic heterocycles. The number of aromatic nitrogens is 3. The number of nitro groups is 1. The molecule has 1 amide bonds. The van der Waals surface area contributed by atoms with Crippen LogP contribution < -0.4 is 4.90 Å². The van der Waals surface area contributed by atoms with Crippen LogP contribution in [0, 0.1) is 10.1 Å². The Labute approximate surface area is 222 Å². The Bertz CT molecular complexity index is 1410.